The average molecular weight is 323 g/mol. The molecular weight excluding hydrogens is 302 g/mol. The maximum atomic E-state index is 12.1. The lowest BCUT2D eigenvalue weighted by molar-refractivity contribution is -0.125. The lowest BCUT2D eigenvalue weighted by Crippen LogP contribution is -2.41. The summed E-state index contributed by atoms with van der Waals surface area (Å²) >= 11 is 0. The SMILES string of the molecule is O=C(NC1CC1)C1CCN(c2ccc(-c3ccncc3)nn2)CC1. The summed E-state index contributed by atoms with van der Waals surface area (Å²) in [4.78, 5) is 18.4. The Hall–Kier alpha value is -2.50. The molecule has 0 unspecified atom stereocenters. The number of nitrogens with one attached hydrogen (secondary N) is 1. The zero-order valence-corrected chi connectivity index (χ0v) is 13.6. The number of nitrogens with zero attached hydrogens (tertiary/aromatic N) is 4. The third-order valence-corrected chi connectivity index (χ3v) is 4.74. The molecule has 2 aromatic heterocycles. The van der Waals surface area contributed by atoms with Crippen molar-refractivity contribution in [2.24, 2.45) is 5.92 Å². The molecule has 0 aromatic carbocycles. The molecule has 0 spiro atoms. The van der Waals surface area contributed by atoms with E-state index in [1.807, 2.05) is 24.3 Å². The Morgan fingerprint density at radius 3 is 2.38 bits per heavy atom. The molecule has 2 aliphatic rings. The molecular formula is C18H21N5O. The number of pyridine rings is 1. The van der Waals surface area contributed by atoms with Gasteiger partial charge < -0.3 is 10.2 Å². The van der Waals surface area contributed by atoms with Crippen molar-refractivity contribution in [3.63, 3.8) is 0 Å². The molecule has 24 heavy (non-hydrogen) atoms. The van der Waals surface area contributed by atoms with Crippen molar-refractivity contribution < 1.29 is 4.79 Å². The van der Waals surface area contributed by atoms with Gasteiger partial charge in [0.1, 0.15) is 0 Å². The summed E-state index contributed by atoms with van der Waals surface area (Å²) in [6, 6.07) is 8.29. The van der Waals surface area contributed by atoms with Crippen molar-refractivity contribution in [3.8, 4) is 11.3 Å². The summed E-state index contributed by atoms with van der Waals surface area (Å²) < 4.78 is 0. The largest absolute Gasteiger partial charge is 0.355 e. The van der Waals surface area contributed by atoms with Gasteiger partial charge in [-0.15, -0.1) is 10.2 Å². The highest BCUT2D eigenvalue weighted by atomic mass is 16.2. The van der Waals surface area contributed by atoms with Gasteiger partial charge in [0.2, 0.25) is 5.91 Å². The molecule has 1 amide bonds. The maximum absolute atomic E-state index is 12.1. The van der Waals surface area contributed by atoms with E-state index < -0.39 is 0 Å². The first-order valence-corrected chi connectivity index (χ1v) is 8.59. The molecule has 0 atom stereocenters. The first kappa shape index (κ1) is 15.1. The van der Waals surface area contributed by atoms with Crippen LogP contribution in [-0.4, -0.2) is 40.2 Å². The van der Waals surface area contributed by atoms with E-state index in [0.717, 1.165) is 55.8 Å². The zero-order chi connectivity index (χ0) is 16.4. The number of rotatable bonds is 4. The molecule has 0 bridgehead atoms. The van der Waals surface area contributed by atoms with Crippen LogP contribution < -0.4 is 10.2 Å². The number of aromatic nitrogens is 3. The van der Waals surface area contributed by atoms with Crippen molar-refractivity contribution in [2.45, 2.75) is 31.7 Å². The topological polar surface area (TPSA) is 71.0 Å². The third kappa shape index (κ3) is 3.37. The second-order valence-electron chi connectivity index (χ2n) is 6.56. The minimum absolute atomic E-state index is 0.144. The van der Waals surface area contributed by atoms with Gasteiger partial charge in [-0.05, 0) is 49.9 Å². The van der Waals surface area contributed by atoms with Crippen LogP contribution >= 0.6 is 0 Å². The molecule has 0 radical (unpaired) electrons. The molecule has 2 fully saturated rings. The van der Waals surface area contributed by atoms with Crippen LogP contribution in [0.1, 0.15) is 25.7 Å². The number of carbonyl (C=O) groups excluding carboxylic acids is 1. The first-order chi connectivity index (χ1) is 11.8. The fraction of sp³-hybridized carbons (Fsp3) is 0.444. The van der Waals surface area contributed by atoms with E-state index in [0.29, 0.717) is 6.04 Å². The van der Waals surface area contributed by atoms with E-state index in [-0.39, 0.29) is 11.8 Å². The molecule has 1 aliphatic carbocycles. The number of hydrogen-bond acceptors (Lipinski definition) is 5. The van der Waals surface area contributed by atoms with E-state index in [1.165, 1.54) is 0 Å². The molecule has 4 rings (SSSR count). The minimum atomic E-state index is 0.144. The second-order valence-corrected chi connectivity index (χ2v) is 6.56. The second kappa shape index (κ2) is 6.55. The van der Waals surface area contributed by atoms with Gasteiger partial charge >= 0.3 is 0 Å². The van der Waals surface area contributed by atoms with E-state index in [9.17, 15) is 4.79 Å². The molecule has 2 aromatic rings. The normalized spacial score (nSPS) is 18.4. The minimum Gasteiger partial charge on any atom is -0.355 e. The lowest BCUT2D eigenvalue weighted by atomic mass is 9.96. The van der Waals surface area contributed by atoms with Crippen LogP contribution in [0.5, 0.6) is 0 Å². The highest BCUT2D eigenvalue weighted by molar-refractivity contribution is 5.79. The van der Waals surface area contributed by atoms with Gasteiger partial charge in [0, 0.05) is 43.0 Å². The number of carbonyl (C=O) groups is 1. The van der Waals surface area contributed by atoms with Crippen LogP contribution in [0.2, 0.25) is 0 Å². The summed E-state index contributed by atoms with van der Waals surface area (Å²) in [5.74, 6) is 1.26. The average Bonchev–Trinajstić information content (AvgIpc) is 3.47. The van der Waals surface area contributed by atoms with Crippen LogP contribution in [0.15, 0.2) is 36.7 Å². The van der Waals surface area contributed by atoms with Crippen LogP contribution in [0.3, 0.4) is 0 Å². The van der Waals surface area contributed by atoms with Crippen molar-refractivity contribution >= 4 is 11.7 Å². The summed E-state index contributed by atoms with van der Waals surface area (Å²) in [6.45, 7) is 1.71. The highest BCUT2D eigenvalue weighted by Crippen LogP contribution is 2.25. The molecule has 1 saturated carbocycles. The predicted molar refractivity (Wildman–Crippen MR) is 91.4 cm³/mol. The van der Waals surface area contributed by atoms with Gasteiger partial charge in [-0.2, -0.15) is 0 Å². The quantitative estimate of drug-likeness (QED) is 0.932. The van der Waals surface area contributed by atoms with Crippen molar-refractivity contribution in [3.05, 3.63) is 36.7 Å². The molecule has 6 heteroatoms. The Balaban J connectivity index is 1.36. The van der Waals surface area contributed by atoms with E-state index in [4.69, 9.17) is 0 Å². The van der Waals surface area contributed by atoms with Gasteiger partial charge in [-0.1, -0.05) is 0 Å². The molecule has 1 saturated heterocycles. The number of piperidine rings is 1. The van der Waals surface area contributed by atoms with Crippen molar-refractivity contribution in [1.82, 2.24) is 20.5 Å². The highest BCUT2D eigenvalue weighted by Gasteiger charge is 2.30. The van der Waals surface area contributed by atoms with E-state index in [2.05, 4.69) is 25.4 Å². The molecule has 3 heterocycles. The first-order valence-electron chi connectivity index (χ1n) is 8.59. The fourth-order valence-corrected chi connectivity index (χ4v) is 3.09. The number of anilines is 1. The Kier molecular flexibility index (Phi) is 4.11. The lowest BCUT2D eigenvalue weighted by Gasteiger charge is -2.31. The molecule has 124 valence electrons. The Morgan fingerprint density at radius 2 is 1.75 bits per heavy atom. The van der Waals surface area contributed by atoms with Crippen LogP contribution in [0.4, 0.5) is 5.82 Å². The molecule has 1 N–H and O–H groups in total. The zero-order valence-electron chi connectivity index (χ0n) is 13.6. The molecule has 1 aliphatic heterocycles. The van der Waals surface area contributed by atoms with E-state index in [1.54, 1.807) is 12.4 Å². The van der Waals surface area contributed by atoms with Crippen molar-refractivity contribution in [1.29, 1.82) is 0 Å². The summed E-state index contributed by atoms with van der Waals surface area (Å²) in [5, 5.41) is 11.8. The fourth-order valence-electron chi connectivity index (χ4n) is 3.09. The standard InChI is InChI=1S/C18H21N5O/c24-18(20-15-1-2-15)14-7-11-23(12-8-14)17-4-3-16(21-22-17)13-5-9-19-10-6-13/h3-6,9-10,14-15H,1-2,7-8,11-12H2,(H,20,24). The van der Waals surface area contributed by atoms with Gasteiger partial charge in [0.15, 0.2) is 5.82 Å². The van der Waals surface area contributed by atoms with Gasteiger partial charge in [0.25, 0.3) is 0 Å². The number of amides is 1. The summed E-state index contributed by atoms with van der Waals surface area (Å²) in [6.07, 6.45) is 7.55. The van der Waals surface area contributed by atoms with Crippen LogP contribution in [0, 0.1) is 5.92 Å². The van der Waals surface area contributed by atoms with E-state index >= 15 is 0 Å². The Labute approximate surface area is 141 Å². The van der Waals surface area contributed by atoms with Crippen LogP contribution in [-0.2, 0) is 4.79 Å². The monoisotopic (exact) mass is 323 g/mol. The summed E-state index contributed by atoms with van der Waals surface area (Å²) in [5.41, 5.74) is 1.86. The third-order valence-electron chi connectivity index (χ3n) is 4.74. The van der Waals surface area contributed by atoms with Gasteiger partial charge in [-0.3, -0.25) is 9.78 Å². The van der Waals surface area contributed by atoms with Gasteiger partial charge in [0.05, 0.1) is 5.69 Å². The summed E-state index contributed by atoms with van der Waals surface area (Å²) in [7, 11) is 0. The maximum Gasteiger partial charge on any atom is 0.223 e. The van der Waals surface area contributed by atoms with Crippen molar-refractivity contribution in [2.75, 3.05) is 18.0 Å². The van der Waals surface area contributed by atoms with Gasteiger partial charge in [-0.25, -0.2) is 0 Å². The Bertz CT molecular complexity index is 691. The smallest absolute Gasteiger partial charge is 0.223 e. The number of hydrogen-bond donors (Lipinski definition) is 1. The van der Waals surface area contributed by atoms with Crippen LogP contribution in [0.25, 0.3) is 11.3 Å². The predicted octanol–water partition coefficient (Wildman–Crippen LogP) is 2.03. The Morgan fingerprint density at radius 1 is 1.00 bits per heavy atom. The molecule has 6 nitrogen and oxygen atoms in total.